The highest BCUT2D eigenvalue weighted by Crippen LogP contribution is 2.25. The number of aromatic nitrogens is 4. The molecule has 3 heterocycles. The van der Waals surface area contributed by atoms with Crippen molar-refractivity contribution in [1.29, 1.82) is 0 Å². The molecule has 0 spiro atoms. The van der Waals surface area contributed by atoms with E-state index >= 15 is 0 Å². The lowest BCUT2D eigenvalue weighted by Crippen LogP contribution is -2.20. The molecule has 0 saturated carbocycles. The van der Waals surface area contributed by atoms with Crippen LogP contribution in [0.5, 0.6) is 5.75 Å². The van der Waals surface area contributed by atoms with E-state index in [4.69, 9.17) is 9.47 Å². The number of pyridine rings is 1. The molecule has 3 aromatic heterocycles. The lowest BCUT2D eigenvalue weighted by Gasteiger charge is -2.11. The van der Waals surface area contributed by atoms with E-state index in [1.165, 1.54) is 9.08 Å². The first kappa shape index (κ1) is 24.1. The van der Waals surface area contributed by atoms with Crippen LogP contribution in [-0.4, -0.2) is 38.3 Å². The summed E-state index contributed by atoms with van der Waals surface area (Å²) in [6.45, 7) is 5.68. The van der Waals surface area contributed by atoms with Gasteiger partial charge in [-0.05, 0) is 57.5 Å². The van der Waals surface area contributed by atoms with Crippen molar-refractivity contribution < 1.29 is 23.0 Å². The molecule has 8 nitrogen and oxygen atoms in total. The summed E-state index contributed by atoms with van der Waals surface area (Å²) in [4.78, 5) is 29.5. The summed E-state index contributed by atoms with van der Waals surface area (Å²) in [5, 5.41) is 4.38. The lowest BCUT2D eigenvalue weighted by molar-refractivity contribution is -0.143. The number of carbonyl (C=O) groups excluding carboxylic acids is 1. The smallest absolute Gasteiger partial charge is 0.305 e. The molecule has 35 heavy (non-hydrogen) atoms. The highest BCUT2D eigenvalue weighted by Gasteiger charge is 2.19. The van der Waals surface area contributed by atoms with Crippen LogP contribution in [-0.2, 0) is 9.53 Å². The van der Waals surface area contributed by atoms with Crippen LogP contribution in [0.4, 0.5) is 8.78 Å². The van der Waals surface area contributed by atoms with Gasteiger partial charge in [-0.25, -0.2) is 18.4 Å². The van der Waals surface area contributed by atoms with E-state index < -0.39 is 11.6 Å². The second-order valence-corrected chi connectivity index (χ2v) is 7.88. The zero-order valence-electron chi connectivity index (χ0n) is 19.5. The fourth-order valence-corrected chi connectivity index (χ4v) is 3.77. The molecule has 0 unspecified atom stereocenters. The van der Waals surface area contributed by atoms with Gasteiger partial charge in [-0.2, -0.15) is 5.10 Å². The molecular formula is C25H24F2N4O4. The Labute approximate surface area is 199 Å². The monoisotopic (exact) mass is 482 g/mol. The average Bonchev–Trinajstić information content (AvgIpc) is 3.19. The van der Waals surface area contributed by atoms with Gasteiger partial charge in [0.2, 0.25) is 0 Å². The fraction of sp³-hybridized carbons (Fsp3) is 0.280. The van der Waals surface area contributed by atoms with Crippen molar-refractivity contribution in [2.75, 3.05) is 13.2 Å². The van der Waals surface area contributed by atoms with E-state index in [9.17, 15) is 18.4 Å². The second kappa shape index (κ2) is 10.0. The fourth-order valence-electron chi connectivity index (χ4n) is 3.77. The van der Waals surface area contributed by atoms with Gasteiger partial charge >= 0.3 is 5.97 Å². The number of aryl methyl sites for hydroxylation is 2. The van der Waals surface area contributed by atoms with E-state index in [0.717, 1.165) is 18.2 Å². The number of nitrogens with zero attached hydrogens (tertiary/aromatic N) is 4. The number of fused-ring (bicyclic) bond motifs is 1. The molecule has 0 atom stereocenters. The largest absolute Gasteiger partial charge is 0.490 e. The third kappa shape index (κ3) is 4.91. The Morgan fingerprint density at radius 3 is 2.71 bits per heavy atom. The molecule has 0 fully saturated rings. The SMILES string of the molecule is CCOC(=O)CCCOc1cccn2c(=O)c(-c3cc(C)n(-c4cc(F)ccc4F)n3)c(C)nc12. The summed E-state index contributed by atoms with van der Waals surface area (Å²) in [7, 11) is 0. The van der Waals surface area contributed by atoms with Crippen LogP contribution in [0.15, 0.2) is 47.4 Å². The molecule has 0 radical (unpaired) electrons. The van der Waals surface area contributed by atoms with Crippen molar-refractivity contribution in [3.05, 3.63) is 76.0 Å². The maximum Gasteiger partial charge on any atom is 0.305 e. The summed E-state index contributed by atoms with van der Waals surface area (Å²) in [5.41, 5.74) is 1.33. The number of ether oxygens (including phenoxy) is 2. The standard InChI is InChI=1S/C25H24F2N4O4/c1-4-34-22(32)8-6-12-35-21-7-5-11-30-24(21)28-16(3)23(25(30)33)19-13-15(2)31(29-19)20-14-17(26)9-10-18(20)27/h5,7,9-11,13-14H,4,6,8,12H2,1-3H3. The minimum Gasteiger partial charge on any atom is -0.490 e. The highest BCUT2D eigenvalue weighted by atomic mass is 19.1. The molecule has 0 aliphatic rings. The lowest BCUT2D eigenvalue weighted by atomic mass is 10.1. The van der Waals surface area contributed by atoms with Gasteiger partial charge in [-0.15, -0.1) is 0 Å². The summed E-state index contributed by atoms with van der Waals surface area (Å²) in [6.07, 6.45) is 2.24. The number of carbonyl (C=O) groups is 1. The molecule has 0 bridgehead atoms. The van der Waals surface area contributed by atoms with Gasteiger partial charge in [0.05, 0.1) is 24.5 Å². The summed E-state index contributed by atoms with van der Waals surface area (Å²) in [5.74, 6) is -1.14. The van der Waals surface area contributed by atoms with Crippen LogP contribution in [0, 0.1) is 25.5 Å². The van der Waals surface area contributed by atoms with Crippen LogP contribution in [0.1, 0.15) is 31.2 Å². The van der Waals surface area contributed by atoms with E-state index in [1.807, 2.05) is 0 Å². The van der Waals surface area contributed by atoms with E-state index in [-0.39, 0.29) is 41.5 Å². The van der Waals surface area contributed by atoms with E-state index in [2.05, 4.69) is 10.1 Å². The number of benzene rings is 1. The predicted octanol–water partition coefficient (Wildman–Crippen LogP) is 4.16. The third-order valence-electron chi connectivity index (χ3n) is 5.37. The maximum absolute atomic E-state index is 14.3. The predicted molar refractivity (Wildman–Crippen MR) is 125 cm³/mol. The quantitative estimate of drug-likeness (QED) is 0.277. The van der Waals surface area contributed by atoms with Gasteiger partial charge in [0.15, 0.2) is 11.4 Å². The van der Waals surface area contributed by atoms with Crippen LogP contribution in [0.3, 0.4) is 0 Å². The van der Waals surface area contributed by atoms with Gasteiger partial charge < -0.3 is 9.47 Å². The van der Waals surface area contributed by atoms with Crippen molar-refractivity contribution >= 4 is 11.6 Å². The van der Waals surface area contributed by atoms with Gasteiger partial charge in [0.1, 0.15) is 23.0 Å². The number of rotatable bonds is 8. The molecular weight excluding hydrogens is 458 g/mol. The molecule has 0 amide bonds. The van der Waals surface area contributed by atoms with Crippen molar-refractivity contribution in [3.8, 4) is 22.7 Å². The maximum atomic E-state index is 14.3. The molecule has 0 saturated heterocycles. The van der Waals surface area contributed by atoms with Crippen LogP contribution in [0.25, 0.3) is 22.6 Å². The Hall–Kier alpha value is -4.08. The highest BCUT2D eigenvalue weighted by molar-refractivity contribution is 5.69. The summed E-state index contributed by atoms with van der Waals surface area (Å²) < 4.78 is 41.3. The Bertz CT molecular complexity index is 1460. The van der Waals surface area contributed by atoms with Crippen LogP contribution in [0.2, 0.25) is 0 Å². The van der Waals surface area contributed by atoms with Gasteiger partial charge in [0.25, 0.3) is 5.56 Å². The molecule has 182 valence electrons. The second-order valence-electron chi connectivity index (χ2n) is 7.88. The van der Waals surface area contributed by atoms with Crippen molar-refractivity contribution in [2.24, 2.45) is 0 Å². The van der Waals surface area contributed by atoms with Crippen molar-refractivity contribution in [2.45, 2.75) is 33.6 Å². The van der Waals surface area contributed by atoms with Gasteiger partial charge in [0, 0.05) is 24.4 Å². The van der Waals surface area contributed by atoms with Crippen molar-refractivity contribution in [1.82, 2.24) is 19.2 Å². The topological polar surface area (TPSA) is 87.7 Å². The number of esters is 1. The molecule has 0 aliphatic heterocycles. The Kier molecular flexibility index (Phi) is 6.90. The average molecular weight is 482 g/mol. The zero-order valence-corrected chi connectivity index (χ0v) is 19.5. The number of hydrogen-bond acceptors (Lipinski definition) is 6. The molecule has 10 heteroatoms. The molecule has 0 N–H and O–H groups in total. The number of halogens is 2. The van der Waals surface area contributed by atoms with Crippen LogP contribution >= 0.6 is 0 Å². The number of hydrogen-bond donors (Lipinski definition) is 0. The summed E-state index contributed by atoms with van der Waals surface area (Å²) >= 11 is 0. The van der Waals surface area contributed by atoms with Gasteiger partial charge in [-0.3, -0.25) is 14.0 Å². The zero-order chi connectivity index (χ0) is 25.1. The molecule has 1 aromatic carbocycles. The first-order valence-electron chi connectivity index (χ1n) is 11.1. The molecule has 0 aliphatic carbocycles. The van der Waals surface area contributed by atoms with E-state index in [0.29, 0.717) is 35.8 Å². The summed E-state index contributed by atoms with van der Waals surface area (Å²) in [6, 6.07) is 8.07. The Balaban J connectivity index is 1.68. The minimum absolute atomic E-state index is 0.0567. The van der Waals surface area contributed by atoms with Crippen molar-refractivity contribution in [3.63, 3.8) is 0 Å². The molecule has 4 rings (SSSR count). The normalized spacial score (nSPS) is 11.1. The minimum atomic E-state index is -0.640. The molecule has 4 aromatic rings. The Morgan fingerprint density at radius 2 is 1.94 bits per heavy atom. The third-order valence-corrected chi connectivity index (χ3v) is 5.37. The first-order chi connectivity index (χ1) is 16.8. The Morgan fingerprint density at radius 1 is 1.14 bits per heavy atom. The van der Waals surface area contributed by atoms with Crippen LogP contribution < -0.4 is 10.3 Å². The first-order valence-corrected chi connectivity index (χ1v) is 11.1. The van der Waals surface area contributed by atoms with Gasteiger partial charge in [-0.1, -0.05) is 0 Å². The van der Waals surface area contributed by atoms with E-state index in [1.54, 1.807) is 45.2 Å².